The zero-order valence-corrected chi connectivity index (χ0v) is 3.83. The Morgan fingerprint density at radius 1 is 1.33 bits per heavy atom. The minimum atomic E-state index is 0. The molecule has 0 radical (unpaired) electrons. The molecule has 0 aromatic rings. The largest absolute Gasteiger partial charge is 0.310 e. The Bertz CT molecular complexity index is 62.5. The van der Waals surface area contributed by atoms with Crippen LogP contribution in [0.2, 0.25) is 0 Å². The Labute approximate surface area is 39.4 Å². The van der Waals surface area contributed by atoms with Gasteiger partial charge in [-0.2, -0.15) is 0 Å². The maximum absolute atomic E-state index is 7.05. The lowest BCUT2D eigenvalue weighted by Gasteiger charge is -1.77. The summed E-state index contributed by atoms with van der Waals surface area (Å²) < 4.78 is 0. The van der Waals surface area contributed by atoms with Crippen LogP contribution >= 0.6 is 0 Å². The Kier molecular flexibility index (Phi) is 0.906. The van der Waals surface area contributed by atoms with Gasteiger partial charge in [0.1, 0.15) is 0 Å². The van der Waals surface area contributed by atoms with E-state index < -0.39 is 0 Å². The second-order valence-electron chi connectivity index (χ2n) is 1.81. The van der Waals surface area contributed by atoms with Crippen molar-refractivity contribution >= 4 is 5.71 Å². The third-order valence-corrected chi connectivity index (χ3v) is 1.21. The summed E-state index contributed by atoms with van der Waals surface area (Å²) in [7, 11) is 0. The first-order valence-corrected chi connectivity index (χ1v) is 2.46. The van der Waals surface area contributed by atoms with Crippen LogP contribution in [0.15, 0.2) is 0 Å². The number of hydrogen-bond acceptors (Lipinski definition) is 1. The average Bonchev–Trinajstić information content (AvgIpc) is 1.86. The Morgan fingerprint density at radius 2 is 1.83 bits per heavy atom. The second-order valence-corrected chi connectivity index (χ2v) is 1.81. The van der Waals surface area contributed by atoms with Crippen molar-refractivity contribution < 1.29 is 1.43 Å². The number of rotatable bonds is 0. The zero-order valence-electron chi connectivity index (χ0n) is 3.83. The molecular formula is C5H11N. The van der Waals surface area contributed by atoms with Crippen molar-refractivity contribution in [2.75, 3.05) is 0 Å². The van der Waals surface area contributed by atoms with Crippen LogP contribution in [0, 0.1) is 5.41 Å². The molecule has 0 heterocycles. The van der Waals surface area contributed by atoms with E-state index in [1.54, 1.807) is 0 Å². The Morgan fingerprint density at radius 3 is 2.00 bits per heavy atom. The number of hydrogen-bond donors (Lipinski definition) is 1. The van der Waals surface area contributed by atoms with Crippen molar-refractivity contribution in [3.8, 4) is 0 Å². The van der Waals surface area contributed by atoms with Crippen LogP contribution in [0.3, 0.4) is 0 Å². The van der Waals surface area contributed by atoms with Crippen LogP contribution in [0.5, 0.6) is 0 Å². The van der Waals surface area contributed by atoms with E-state index in [1.807, 2.05) is 0 Å². The molecule has 1 N–H and O–H groups in total. The third-order valence-electron chi connectivity index (χ3n) is 1.21. The van der Waals surface area contributed by atoms with Gasteiger partial charge in [-0.25, -0.2) is 0 Å². The van der Waals surface area contributed by atoms with Crippen molar-refractivity contribution in [3.05, 3.63) is 0 Å². The monoisotopic (exact) mass is 85.1 g/mol. The molecule has 0 aromatic heterocycles. The van der Waals surface area contributed by atoms with E-state index in [2.05, 4.69) is 0 Å². The van der Waals surface area contributed by atoms with Crippen LogP contribution < -0.4 is 0 Å². The summed E-state index contributed by atoms with van der Waals surface area (Å²) in [5.41, 5.74) is 0.954. The number of nitrogens with one attached hydrogen (secondary N) is 1. The summed E-state index contributed by atoms with van der Waals surface area (Å²) in [6.45, 7) is 0. The lowest BCUT2D eigenvalue weighted by molar-refractivity contribution is 0.886. The molecule has 0 aromatic carbocycles. The maximum atomic E-state index is 7.05. The fourth-order valence-electron chi connectivity index (χ4n) is 0.802. The topological polar surface area (TPSA) is 23.9 Å². The SMILES string of the molecule is N=C1CCCC1.[HH]. The summed E-state index contributed by atoms with van der Waals surface area (Å²) in [4.78, 5) is 0. The molecule has 0 unspecified atom stereocenters. The average molecular weight is 85.1 g/mol. The standard InChI is InChI=1S/C5H9N.H2/c6-5-3-1-2-4-5;/h6H,1-4H2;1H. The molecule has 36 valence electrons. The van der Waals surface area contributed by atoms with E-state index in [0.29, 0.717) is 0 Å². The predicted octanol–water partition coefficient (Wildman–Crippen LogP) is 1.83. The smallest absolute Gasteiger partial charge is 0.00891 e. The molecule has 0 spiro atoms. The van der Waals surface area contributed by atoms with Gasteiger partial charge in [-0.1, -0.05) is 0 Å². The molecule has 0 saturated heterocycles. The van der Waals surface area contributed by atoms with Gasteiger partial charge in [0.25, 0.3) is 0 Å². The van der Waals surface area contributed by atoms with E-state index in [9.17, 15) is 0 Å². The lowest BCUT2D eigenvalue weighted by Crippen LogP contribution is -1.79. The maximum Gasteiger partial charge on any atom is 0.00891 e. The molecule has 1 aliphatic rings. The molecule has 1 heteroatoms. The fourth-order valence-corrected chi connectivity index (χ4v) is 0.802. The van der Waals surface area contributed by atoms with Gasteiger partial charge >= 0.3 is 0 Å². The summed E-state index contributed by atoms with van der Waals surface area (Å²) in [6.07, 6.45) is 4.66. The quantitative estimate of drug-likeness (QED) is 0.464. The van der Waals surface area contributed by atoms with Gasteiger partial charge in [-0.15, -0.1) is 0 Å². The Hall–Kier alpha value is -0.330. The van der Waals surface area contributed by atoms with Gasteiger partial charge < -0.3 is 5.41 Å². The molecule has 0 atom stereocenters. The van der Waals surface area contributed by atoms with Crippen LogP contribution in [0.1, 0.15) is 27.1 Å². The highest BCUT2D eigenvalue weighted by Gasteiger charge is 2.03. The minimum absolute atomic E-state index is 0. The van der Waals surface area contributed by atoms with Crippen molar-refractivity contribution in [2.24, 2.45) is 0 Å². The molecule has 1 fully saturated rings. The molecular weight excluding hydrogens is 74.1 g/mol. The van der Waals surface area contributed by atoms with Crippen LogP contribution in [0.25, 0.3) is 0 Å². The highest BCUT2D eigenvalue weighted by Crippen LogP contribution is 2.11. The molecule has 1 rings (SSSR count). The molecule has 6 heavy (non-hydrogen) atoms. The van der Waals surface area contributed by atoms with E-state index in [1.165, 1.54) is 12.8 Å². The summed E-state index contributed by atoms with van der Waals surface area (Å²) in [5.74, 6) is 0. The molecule has 1 saturated carbocycles. The van der Waals surface area contributed by atoms with E-state index in [-0.39, 0.29) is 1.43 Å². The summed E-state index contributed by atoms with van der Waals surface area (Å²) >= 11 is 0. The minimum Gasteiger partial charge on any atom is -0.310 e. The predicted molar refractivity (Wildman–Crippen MR) is 28.3 cm³/mol. The molecule has 0 aliphatic heterocycles. The van der Waals surface area contributed by atoms with E-state index >= 15 is 0 Å². The van der Waals surface area contributed by atoms with Gasteiger partial charge in [0, 0.05) is 7.14 Å². The highest BCUT2D eigenvalue weighted by molar-refractivity contribution is 5.82. The highest BCUT2D eigenvalue weighted by atomic mass is 14.4. The summed E-state index contributed by atoms with van der Waals surface area (Å²) in [5, 5.41) is 7.05. The fraction of sp³-hybridized carbons (Fsp3) is 0.800. The van der Waals surface area contributed by atoms with E-state index in [0.717, 1.165) is 18.6 Å². The van der Waals surface area contributed by atoms with Crippen molar-refractivity contribution in [1.82, 2.24) is 0 Å². The molecule has 0 amide bonds. The van der Waals surface area contributed by atoms with Crippen LogP contribution in [-0.4, -0.2) is 5.71 Å². The van der Waals surface area contributed by atoms with E-state index in [4.69, 9.17) is 5.41 Å². The Balaban J connectivity index is 0.000000360. The first kappa shape index (κ1) is 3.85. The van der Waals surface area contributed by atoms with Crippen molar-refractivity contribution in [2.45, 2.75) is 25.7 Å². The zero-order chi connectivity index (χ0) is 4.41. The summed E-state index contributed by atoms with van der Waals surface area (Å²) in [6, 6.07) is 0. The third kappa shape index (κ3) is 0.588. The van der Waals surface area contributed by atoms with Crippen molar-refractivity contribution in [1.29, 1.82) is 5.41 Å². The lowest BCUT2D eigenvalue weighted by atomic mass is 10.3. The first-order chi connectivity index (χ1) is 2.89. The van der Waals surface area contributed by atoms with Gasteiger partial charge in [-0.3, -0.25) is 0 Å². The molecule has 1 nitrogen and oxygen atoms in total. The van der Waals surface area contributed by atoms with Gasteiger partial charge in [0.2, 0.25) is 0 Å². The van der Waals surface area contributed by atoms with Gasteiger partial charge in [0.15, 0.2) is 0 Å². The van der Waals surface area contributed by atoms with Crippen LogP contribution in [0.4, 0.5) is 0 Å². The van der Waals surface area contributed by atoms with Gasteiger partial charge in [-0.05, 0) is 25.7 Å². The molecule has 1 aliphatic carbocycles. The molecule has 0 bridgehead atoms. The van der Waals surface area contributed by atoms with Gasteiger partial charge in [0.05, 0.1) is 0 Å². The van der Waals surface area contributed by atoms with Crippen LogP contribution in [-0.2, 0) is 0 Å². The van der Waals surface area contributed by atoms with Crippen molar-refractivity contribution in [3.63, 3.8) is 0 Å². The second kappa shape index (κ2) is 1.41. The first-order valence-electron chi connectivity index (χ1n) is 2.46. The normalized spacial score (nSPS) is 22.3.